The highest BCUT2D eigenvalue weighted by Gasteiger charge is 1.81. The summed E-state index contributed by atoms with van der Waals surface area (Å²) in [7, 11) is 0. The topological polar surface area (TPSA) is 38.0 Å². The summed E-state index contributed by atoms with van der Waals surface area (Å²) in [5.74, 6) is 1.13. The number of hydrogen-bond acceptors (Lipinski definition) is 3. The zero-order valence-electron chi connectivity index (χ0n) is 5.31. The molecule has 3 N–H and O–H groups in total. The molecular weight excluding hydrogens is 120 g/mol. The Morgan fingerprint density at radius 1 is 1.62 bits per heavy atom. The fourth-order valence-electron chi connectivity index (χ4n) is 0.348. The lowest BCUT2D eigenvalue weighted by molar-refractivity contribution is 0.809. The third-order valence-corrected chi connectivity index (χ3v) is 1.43. The van der Waals surface area contributed by atoms with Crippen LogP contribution in [0.2, 0.25) is 0 Å². The molecule has 0 aromatic heterocycles. The van der Waals surface area contributed by atoms with Crippen LogP contribution in [0.25, 0.3) is 0 Å². The van der Waals surface area contributed by atoms with Crippen LogP contribution in [-0.2, 0) is 0 Å². The summed E-state index contributed by atoms with van der Waals surface area (Å²) >= 11 is 1.74. The Labute approximate surface area is 55.3 Å². The SMILES string of the molecule is CCSNCCCN. The molecule has 0 radical (unpaired) electrons. The minimum Gasteiger partial charge on any atom is -0.330 e. The molecule has 0 aromatic rings. The van der Waals surface area contributed by atoms with Gasteiger partial charge in [-0.3, -0.25) is 4.72 Å². The molecule has 0 aliphatic carbocycles. The normalized spacial score (nSPS) is 9.75. The molecule has 0 saturated carbocycles. The standard InChI is InChI=1S/C5H14N2S/c1-2-8-7-5-3-4-6/h7H,2-6H2,1H3. The van der Waals surface area contributed by atoms with Crippen LogP contribution in [0.3, 0.4) is 0 Å². The quantitative estimate of drug-likeness (QED) is 0.427. The fraction of sp³-hybridized carbons (Fsp3) is 1.00. The van der Waals surface area contributed by atoms with Crippen molar-refractivity contribution in [3.05, 3.63) is 0 Å². The molecule has 0 spiro atoms. The molecule has 0 aliphatic heterocycles. The molecule has 0 bridgehead atoms. The first-order valence-corrected chi connectivity index (χ1v) is 3.95. The van der Waals surface area contributed by atoms with Crippen LogP contribution in [0.15, 0.2) is 0 Å². The van der Waals surface area contributed by atoms with Gasteiger partial charge in [0, 0.05) is 12.3 Å². The molecule has 8 heavy (non-hydrogen) atoms. The van der Waals surface area contributed by atoms with Crippen LogP contribution >= 0.6 is 11.9 Å². The fourth-order valence-corrected chi connectivity index (χ4v) is 0.841. The molecule has 0 heterocycles. The predicted molar refractivity (Wildman–Crippen MR) is 39.8 cm³/mol. The van der Waals surface area contributed by atoms with Crippen LogP contribution in [0.4, 0.5) is 0 Å². The molecule has 0 unspecified atom stereocenters. The first kappa shape index (κ1) is 8.27. The van der Waals surface area contributed by atoms with Gasteiger partial charge in [-0.05, 0) is 13.0 Å². The number of nitrogens with two attached hydrogens (primary N) is 1. The number of hydrogen-bond donors (Lipinski definition) is 2. The summed E-state index contributed by atoms with van der Waals surface area (Å²) in [5.41, 5.74) is 5.26. The smallest absolute Gasteiger partial charge is 0.00705 e. The summed E-state index contributed by atoms with van der Waals surface area (Å²) in [6, 6.07) is 0. The van der Waals surface area contributed by atoms with Gasteiger partial charge >= 0.3 is 0 Å². The number of nitrogens with one attached hydrogen (secondary N) is 1. The third kappa shape index (κ3) is 6.27. The summed E-state index contributed by atoms with van der Waals surface area (Å²) in [6.07, 6.45) is 1.08. The summed E-state index contributed by atoms with van der Waals surface area (Å²) in [6.45, 7) is 3.95. The van der Waals surface area contributed by atoms with E-state index in [0.717, 1.165) is 25.3 Å². The van der Waals surface area contributed by atoms with Gasteiger partial charge in [0.2, 0.25) is 0 Å². The Bertz CT molecular complexity index is 35.4. The molecule has 0 saturated heterocycles. The van der Waals surface area contributed by atoms with Crippen molar-refractivity contribution < 1.29 is 0 Å². The van der Waals surface area contributed by atoms with E-state index >= 15 is 0 Å². The second kappa shape index (κ2) is 7.27. The van der Waals surface area contributed by atoms with Crippen molar-refractivity contribution in [3.63, 3.8) is 0 Å². The highest BCUT2D eigenvalue weighted by Crippen LogP contribution is 1.88. The highest BCUT2D eigenvalue weighted by molar-refractivity contribution is 7.97. The molecular formula is C5H14N2S. The van der Waals surface area contributed by atoms with Crippen molar-refractivity contribution in [1.29, 1.82) is 0 Å². The van der Waals surface area contributed by atoms with E-state index in [1.807, 2.05) is 0 Å². The minimum atomic E-state index is 0.789. The lowest BCUT2D eigenvalue weighted by Crippen LogP contribution is -2.11. The average molecular weight is 134 g/mol. The van der Waals surface area contributed by atoms with Gasteiger partial charge in [-0.2, -0.15) is 0 Å². The van der Waals surface area contributed by atoms with Crippen LogP contribution in [-0.4, -0.2) is 18.8 Å². The lowest BCUT2D eigenvalue weighted by atomic mass is 10.4. The van der Waals surface area contributed by atoms with Crippen molar-refractivity contribution in [2.24, 2.45) is 5.73 Å². The van der Waals surface area contributed by atoms with Gasteiger partial charge in [-0.1, -0.05) is 18.9 Å². The zero-order valence-corrected chi connectivity index (χ0v) is 6.13. The van der Waals surface area contributed by atoms with Gasteiger partial charge in [0.05, 0.1) is 0 Å². The van der Waals surface area contributed by atoms with Crippen molar-refractivity contribution in [1.82, 2.24) is 4.72 Å². The van der Waals surface area contributed by atoms with E-state index in [4.69, 9.17) is 5.73 Å². The third-order valence-electron chi connectivity index (χ3n) is 0.729. The Kier molecular flexibility index (Phi) is 7.52. The van der Waals surface area contributed by atoms with E-state index in [-0.39, 0.29) is 0 Å². The molecule has 0 aliphatic rings. The van der Waals surface area contributed by atoms with Crippen molar-refractivity contribution in [2.75, 3.05) is 18.8 Å². The molecule has 0 atom stereocenters. The highest BCUT2D eigenvalue weighted by atomic mass is 32.2. The Balaban J connectivity index is 2.53. The van der Waals surface area contributed by atoms with Crippen LogP contribution < -0.4 is 10.5 Å². The zero-order chi connectivity index (χ0) is 6.24. The Morgan fingerprint density at radius 2 is 2.38 bits per heavy atom. The van der Waals surface area contributed by atoms with E-state index in [1.54, 1.807) is 11.9 Å². The van der Waals surface area contributed by atoms with Crippen LogP contribution in [0.1, 0.15) is 13.3 Å². The van der Waals surface area contributed by atoms with Gasteiger partial charge in [0.25, 0.3) is 0 Å². The van der Waals surface area contributed by atoms with E-state index in [1.165, 1.54) is 0 Å². The van der Waals surface area contributed by atoms with Gasteiger partial charge in [-0.15, -0.1) is 0 Å². The first-order valence-electron chi connectivity index (χ1n) is 2.96. The lowest BCUT2D eigenvalue weighted by Gasteiger charge is -1.97. The van der Waals surface area contributed by atoms with E-state index in [9.17, 15) is 0 Å². The number of rotatable bonds is 5. The Morgan fingerprint density at radius 3 is 2.88 bits per heavy atom. The molecule has 2 nitrogen and oxygen atoms in total. The van der Waals surface area contributed by atoms with Gasteiger partial charge in [0.1, 0.15) is 0 Å². The molecule has 50 valence electrons. The first-order chi connectivity index (χ1) is 3.91. The molecule has 0 rings (SSSR count). The molecule has 3 heteroatoms. The summed E-state index contributed by atoms with van der Waals surface area (Å²) < 4.78 is 3.17. The Hall–Kier alpha value is 0.270. The van der Waals surface area contributed by atoms with Gasteiger partial charge in [0.15, 0.2) is 0 Å². The monoisotopic (exact) mass is 134 g/mol. The van der Waals surface area contributed by atoms with E-state index in [0.29, 0.717) is 0 Å². The maximum absolute atomic E-state index is 5.26. The van der Waals surface area contributed by atoms with Crippen LogP contribution in [0.5, 0.6) is 0 Å². The largest absolute Gasteiger partial charge is 0.330 e. The summed E-state index contributed by atoms with van der Waals surface area (Å²) in [4.78, 5) is 0. The second-order valence-corrected chi connectivity index (χ2v) is 2.62. The van der Waals surface area contributed by atoms with Crippen molar-refractivity contribution in [2.45, 2.75) is 13.3 Å². The van der Waals surface area contributed by atoms with Crippen molar-refractivity contribution in [3.8, 4) is 0 Å². The minimum absolute atomic E-state index is 0.789. The molecule has 0 aromatic carbocycles. The van der Waals surface area contributed by atoms with E-state index in [2.05, 4.69) is 11.6 Å². The maximum Gasteiger partial charge on any atom is 0.00705 e. The maximum atomic E-state index is 5.26. The van der Waals surface area contributed by atoms with Gasteiger partial charge < -0.3 is 5.73 Å². The van der Waals surface area contributed by atoms with Crippen LogP contribution in [0, 0.1) is 0 Å². The second-order valence-electron chi connectivity index (χ2n) is 1.47. The van der Waals surface area contributed by atoms with Crippen molar-refractivity contribution >= 4 is 11.9 Å². The summed E-state index contributed by atoms with van der Waals surface area (Å²) in [5, 5.41) is 0. The van der Waals surface area contributed by atoms with E-state index < -0.39 is 0 Å². The average Bonchev–Trinajstić information content (AvgIpc) is 1.81. The molecule has 0 amide bonds. The molecule has 0 fully saturated rings. The van der Waals surface area contributed by atoms with Gasteiger partial charge in [-0.25, -0.2) is 0 Å². The predicted octanol–water partition coefficient (Wildman–Crippen LogP) is 0.593.